The van der Waals surface area contributed by atoms with Crippen molar-refractivity contribution in [1.29, 1.82) is 0 Å². The number of carbonyl (C=O) groups is 3. The molecule has 0 spiro atoms. The van der Waals surface area contributed by atoms with Gasteiger partial charge in [0, 0.05) is 32.5 Å². The van der Waals surface area contributed by atoms with Gasteiger partial charge in [-0.2, -0.15) is 0 Å². The van der Waals surface area contributed by atoms with Crippen LogP contribution in [-0.4, -0.2) is 54.3 Å². The summed E-state index contributed by atoms with van der Waals surface area (Å²) >= 11 is 0. The van der Waals surface area contributed by atoms with E-state index in [0.717, 1.165) is 11.1 Å². The van der Waals surface area contributed by atoms with Crippen LogP contribution in [0.15, 0.2) is 24.3 Å². The fourth-order valence-electron chi connectivity index (χ4n) is 2.93. The molecule has 2 rings (SSSR count). The fraction of sp³-hybridized carbons (Fsp3) is 0.500. The van der Waals surface area contributed by atoms with Crippen molar-refractivity contribution in [2.45, 2.75) is 38.8 Å². The number of esters is 1. The summed E-state index contributed by atoms with van der Waals surface area (Å²) in [6.07, 6.45) is 1.36. The Bertz CT molecular complexity index is 629. The lowest BCUT2D eigenvalue weighted by Gasteiger charge is -2.26. The fourth-order valence-corrected chi connectivity index (χ4v) is 2.93. The first-order valence-corrected chi connectivity index (χ1v) is 8.06. The van der Waals surface area contributed by atoms with Crippen molar-refractivity contribution in [2.75, 3.05) is 20.7 Å². The van der Waals surface area contributed by atoms with E-state index in [0.29, 0.717) is 19.4 Å². The maximum absolute atomic E-state index is 12.3. The highest BCUT2D eigenvalue weighted by atomic mass is 16.5. The van der Waals surface area contributed by atoms with Crippen LogP contribution in [0.5, 0.6) is 0 Å². The topological polar surface area (TPSA) is 66.9 Å². The van der Waals surface area contributed by atoms with Crippen molar-refractivity contribution in [1.82, 2.24) is 9.80 Å². The summed E-state index contributed by atoms with van der Waals surface area (Å²) in [5, 5.41) is 0. The highest BCUT2D eigenvalue weighted by Gasteiger charge is 2.33. The Balaban J connectivity index is 1.99. The maximum atomic E-state index is 12.3. The summed E-state index contributed by atoms with van der Waals surface area (Å²) in [7, 11) is 2.86. The zero-order valence-electron chi connectivity index (χ0n) is 14.4. The summed E-state index contributed by atoms with van der Waals surface area (Å²) in [6, 6.07) is 7.90. The molecule has 1 heterocycles. The van der Waals surface area contributed by atoms with Gasteiger partial charge in [-0.15, -0.1) is 0 Å². The standard InChI is InChI=1S/C18H24N2O4/c1-13-5-4-6-14(9-13)11-20-15(7-8-16(20)21)10-17(22)19(2)12-18(23)24-3/h4-6,9,15H,7-8,10-12H2,1-3H3. The average molecular weight is 332 g/mol. The normalized spacial score (nSPS) is 17.0. The Hall–Kier alpha value is -2.37. The van der Waals surface area contributed by atoms with E-state index in [4.69, 9.17) is 0 Å². The molecule has 1 aliphatic heterocycles. The average Bonchev–Trinajstić information content (AvgIpc) is 2.87. The molecule has 0 aliphatic carbocycles. The summed E-state index contributed by atoms with van der Waals surface area (Å²) in [5.74, 6) is -0.538. The number of likely N-dealkylation sites (N-methyl/N-ethyl adjacent to an activating group) is 1. The molecule has 0 radical (unpaired) electrons. The summed E-state index contributed by atoms with van der Waals surface area (Å²) in [5.41, 5.74) is 2.20. The van der Waals surface area contributed by atoms with Gasteiger partial charge in [-0.25, -0.2) is 0 Å². The monoisotopic (exact) mass is 332 g/mol. The van der Waals surface area contributed by atoms with Gasteiger partial charge < -0.3 is 14.5 Å². The first-order chi connectivity index (χ1) is 11.4. The smallest absolute Gasteiger partial charge is 0.325 e. The number of likely N-dealkylation sites (tertiary alicyclic amines) is 1. The van der Waals surface area contributed by atoms with Crippen LogP contribution in [0.25, 0.3) is 0 Å². The van der Waals surface area contributed by atoms with E-state index in [1.807, 2.05) is 31.2 Å². The van der Waals surface area contributed by atoms with Crippen LogP contribution in [0.1, 0.15) is 30.4 Å². The molecule has 6 heteroatoms. The minimum Gasteiger partial charge on any atom is -0.468 e. The minimum atomic E-state index is -0.454. The molecule has 1 unspecified atom stereocenters. The van der Waals surface area contributed by atoms with E-state index in [1.165, 1.54) is 12.0 Å². The molecule has 0 aromatic heterocycles. The first kappa shape index (κ1) is 18.0. The largest absolute Gasteiger partial charge is 0.468 e. The maximum Gasteiger partial charge on any atom is 0.325 e. The third kappa shape index (κ3) is 4.57. The number of aryl methyl sites for hydroxylation is 1. The lowest BCUT2D eigenvalue weighted by molar-refractivity contribution is -0.146. The molecule has 24 heavy (non-hydrogen) atoms. The Morgan fingerprint density at radius 3 is 2.79 bits per heavy atom. The van der Waals surface area contributed by atoms with Crippen molar-refractivity contribution in [3.05, 3.63) is 35.4 Å². The Labute approximate surface area is 142 Å². The van der Waals surface area contributed by atoms with E-state index in [9.17, 15) is 14.4 Å². The molecule has 1 aromatic rings. The number of ether oxygens (including phenoxy) is 1. The number of nitrogens with zero attached hydrogens (tertiary/aromatic N) is 2. The minimum absolute atomic E-state index is 0.0740. The molecule has 0 N–H and O–H groups in total. The quantitative estimate of drug-likeness (QED) is 0.741. The van der Waals surface area contributed by atoms with Crippen molar-refractivity contribution in [3.63, 3.8) is 0 Å². The molecule has 1 aliphatic rings. The molecule has 0 saturated carbocycles. The number of hydrogen-bond donors (Lipinski definition) is 0. The molecule has 1 aromatic carbocycles. The molecule has 0 bridgehead atoms. The lowest BCUT2D eigenvalue weighted by atomic mass is 10.1. The summed E-state index contributed by atoms with van der Waals surface area (Å²) in [6.45, 7) is 2.45. The Morgan fingerprint density at radius 2 is 2.12 bits per heavy atom. The third-order valence-corrected chi connectivity index (χ3v) is 4.32. The number of hydrogen-bond acceptors (Lipinski definition) is 4. The molecule has 2 amide bonds. The van der Waals surface area contributed by atoms with Gasteiger partial charge in [-0.1, -0.05) is 29.8 Å². The number of benzene rings is 1. The number of carbonyl (C=O) groups excluding carboxylic acids is 3. The molecule has 1 fully saturated rings. The van der Waals surface area contributed by atoms with Gasteiger partial charge in [0.15, 0.2) is 0 Å². The molecular weight excluding hydrogens is 308 g/mol. The lowest BCUT2D eigenvalue weighted by Crippen LogP contribution is -2.39. The van der Waals surface area contributed by atoms with Crippen LogP contribution >= 0.6 is 0 Å². The van der Waals surface area contributed by atoms with Crippen LogP contribution < -0.4 is 0 Å². The van der Waals surface area contributed by atoms with Gasteiger partial charge in [0.05, 0.1) is 7.11 Å². The van der Waals surface area contributed by atoms with E-state index < -0.39 is 5.97 Å². The Kier molecular flexibility index (Phi) is 5.95. The number of amides is 2. The van der Waals surface area contributed by atoms with Crippen LogP contribution in [-0.2, 0) is 25.7 Å². The van der Waals surface area contributed by atoms with Gasteiger partial charge in [-0.3, -0.25) is 14.4 Å². The van der Waals surface area contributed by atoms with Crippen molar-refractivity contribution in [2.24, 2.45) is 0 Å². The van der Waals surface area contributed by atoms with Crippen LogP contribution in [0.3, 0.4) is 0 Å². The van der Waals surface area contributed by atoms with Crippen molar-refractivity contribution in [3.8, 4) is 0 Å². The number of rotatable bonds is 6. The molecular formula is C18H24N2O4. The van der Waals surface area contributed by atoms with E-state index in [-0.39, 0.29) is 30.8 Å². The molecule has 6 nitrogen and oxygen atoms in total. The Morgan fingerprint density at radius 1 is 1.38 bits per heavy atom. The molecule has 130 valence electrons. The zero-order valence-corrected chi connectivity index (χ0v) is 14.4. The molecule has 1 atom stereocenters. The van der Waals surface area contributed by atoms with Crippen LogP contribution in [0, 0.1) is 6.92 Å². The van der Waals surface area contributed by atoms with Gasteiger partial charge in [0.25, 0.3) is 0 Å². The predicted octanol–water partition coefficient (Wildman–Crippen LogP) is 1.51. The molecule has 1 saturated heterocycles. The van der Waals surface area contributed by atoms with E-state index in [1.54, 1.807) is 11.9 Å². The third-order valence-electron chi connectivity index (χ3n) is 4.32. The second-order valence-electron chi connectivity index (χ2n) is 6.23. The SMILES string of the molecule is COC(=O)CN(C)C(=O)CC1CCC(=O)N1Cc1cccc(C)c1. The zero-order chi connectivity index (χ0) is 17.7. The summed E-state index contributed by atoms with van der Waals surface area (Å²) < 4.78 is 4.57. The van der Waals surface area contributed by atoms with Crippen molar-refractivity contribution >= 4 is 17.8 Å². The van der Waals surface area contributed by atoms with Gasteiger partial charge in [0.2, 0.25) is 11.8 Å². The highest BCUT2D eigenvalue weighted by Crippen LogP contribution is 2.24. The van der Waals surface area contributed by atoms with Gasteiger partial charge in [0.1, 0.15) is 6.54 Å². The second kappa shape index (κ2) is 7.95. The predicted molar refractivity (Wildman–Crippen MR) is 89.0 cm³/mol. The highest BCUT2D eigenvalue weighted by molar-refractivity contribution is 5.84. The van der Waals surface area contributed by atoms with Crippen molar-refractivity contribution < 1.29 is 19.1 Å². The summed E-state index contributed by atoms with van der Waals surface area (Å²) in [4.78, 5) is 38.9. The second-order valence-corrected chi connectivity index (χ2v) is 6.23. The van der Waals surface area contributed by atoms with Crippen LogP contribution in [0.4, 0.5) is 0 Å². The van der Waals surface area contributed by atoms with E-state index in [2.05, 4.69) is 4.74 Å². The van der Waals surface area contributed by atoms with E-state index >= 15 is 0 Å². The van der Waals surface area contributed by atoms with Crippen LogP contribution in [0.2, 0.25) is 0 Å². The first-order valence-electron chi connectivity index (χ1n) is 8.06. The van der Waals surface area contributed by atoms with Gasteiger partial charge in [-0.05, 0) is 18.9 Å². The number of methoxy groups -OCH3 is 1. The van der Waals surface area contributed by atoms with Gasteiger partial charge >= 0.3 is 5.97 Å².